The van der Waals surface area contributed by atoms with Crippen LogP contribution in [0.2, 0.25) is 0 Å². The second kappa shape index (κ2) is 11.0. The number of hydrogen-bond acceptors (Lipinski definition) is 4. The van der Waals surface area contributed by atoms with Crippen LogP contribution in [0.1, 0.15) is 49.3 Å². The number of halogens is 1. The smallest absolute Gasteiger partial charge is 0.264 e. The molecule has 2 N–H and O–H groups in total. The van der Waals surface area contributed by atoms with Crippen LogP contribution >= 0.6 is 15.9 Å². The summed E-state index contributed by atoms with van der Waals surface area (Å²) < 4.78 is 28.2. The fraction of sp³-hybridized carbons (Fsp3) is 0.276. The normalized spacial score (nSPS) is 14.6. The van der Waals surface area contributed by atoms with Gasteiger partial charge in [-0.2, -0.15) is 0 Å². The van der Waals surface area contributed by atoms with E-state index < -0.39 is 15.9 Å². The van der Waals surface area contributed by atoms with E-state index >= 15 is 0 Å². The minimum absolute atomic E-state index is 0.0533. The van der Waals surface area contributed by atoms with E-state index in [1.54, 1.807) is 31.2 Å². The van der Waals surface area contributed by atoms with Crippen LogP contribution in [0, 0.1) is 13.8 Å². The van der Waals surface area contributed by atoms with Gasteiger partial charge in [-0.1, -0.05) is 65.2 Å². The summed E-state index contributed by atoms with van der Waals surface area (Å²) in [6, 6.07) is 19.0. The zero-order valence-corrected chi connectivity index (χ0v) is 23.2. The molecule has 1 saturated carbocycles. The van der Waals surface area contributed by atoms with Crippen molar-refractivity contribution in [2.75, 3.05) is 5.32 Å². The zero-order valence-electron chi connectivity index (χ0n) is 20.8. The van der Waals surface area contributed by atoms with Crippen LogP contribution in [0.25, 0.3) is 17.2 Å². The third kappa shape index (κ3) is 6.08. The monoisotopic (exact) mass is 566 g/mol. The molecule has 3 aromatic carbocycles. The van der Waals surface area contributed by atoms with Crippen LogP contribution in [0.15, 0.2) is 75.6 Å². The van der Waals surface area contributed by atoms with Crippen molar-refractivity contribution in [3.8, 4) is 11.1 Å². The van der Waals surface area contributed by atoms with E-state index in [4.69, 9.17) is 0 Å². The summed E-state index contributed by atoms with van der Waals surface area (Å²) in [5, 5.41) is 3.64. The molecule has 3 aromatic rings. The number of aryl methyl sites for hydroxylation is 2. The molecular formula is C29H31BrN2O3S. The molecule has 5 nitrogen and oxygen atoms in total. The van der Waals surface area contributed by atoms with E-state index in [1.165, 1.54) is 37.8 Å². The Bertz CT molecular complexity index is 1410. The number of benzene rings is 3. The molecule has 0 unspecified atom stereocenters. The Labute approximate surface area is 222 Å². The van der Waals surface area contributed by atoms with E-state index in [0.29, 0.717) is 11.6 Å². The summed E-state index contributed by atoms with van der Waals surface area (Å²) in [6.07, 6.45) is 6.76. The van der Waals surface area contributed by atoms with Gasteiger partial charge < -0.3 is 5.32 Å². The summed E-state index contributed by atoms with van der Waals surface area (Å²) in [4.78, 5) is 12.7. The summed E-state index contributed by atoms with van der Waals surface area (Å²) in [7, 11) is -3.92. The predicted molar refractivity (Wildman–Crippen MR) is 150 cm³/mol. The van der Waals surface area contributed by atoms with E-state index in [2.05, 4.69) is 50.2 Å². The second-order valence-electron chi connectivity index (χ2n) is 9.42. The number of rotatable bonds is 7. The molecule has 0 saturated heterocycles. The van der Waals surface area contributed by atoms with Gasteiger partial charge in [0.1, 0.15) is 0 Å². The van der Waals surface area contributed by atoms with Crippen molar-refractivity contribution in [3.63, 3.8) is 0 Å². The van der Waals surface area contributed by atoms with Gasteiger partial charge in [0.15, 0.2) is 0 Å². The maximum absolute atomic E-state index is 12.7. The van der Waals surface area contributed by atoms with Gasteiger partial charge in [-0.25, -0.2) is 13.1 Å². The Hall–Kier alpha value is -2.90. The van der Waals surface area contributed by atoms with Gasteiger partial charge in [0.2, 0.25) is 0 Å². The van der Waals surface area contributed by atoms with Gasteiger partial charge in [0, 0.05) is 21.8 Å². The first-order chi connectivity index (χ1) is 17.1. The lowest BCUT2D eigenvalue weighted by Crippen LogP contribution is -2.31. The third-order valence-electron chi connectivity index (χ3n) is 6.61. The molecule has 0 heterocycles. The van der Waals surface area contributed by atoms with Crippen LogP contribution in [-0.2, 0) is 14.8 Å². The second-order valence-corrected chi connectivity index (χ2v) is 12.0. The van der Waals surface area contributed by atoms with Crippen molar-refractivity contribution >= 4 is 43.6 Å². The molecule has 1 fully saturated rings. The maximum atomic E-state index is 12.7. The third-order valence-corrected chi connectivity index (χ3v) is 8.61. The van der Waals surface area contributed by atoms with Crippen molar-refractivity contribution in [2.24, 2.45) is 0 Å². The number of nitrogens with one attached hydrogen (secondary N) is 2. The van der Waals surface area contributed by atoms with Crippen LogP contribution in [0.4, 0.5) is 5.69 Å². The number of carbonyl (C=O) groups excluding carboxylic acids is 1. The molecule has 1 aliphatic carbocycles. The van der Waals surface area contributed by atoms with Crippen LogP contribution < -0.4 is 10.0 Å². The Morgan fingerprint density at radius 1 is 0.944 bits per heavy atom. The number of carbonyl (C=O) groups is 1. The molecule has 0 aliphatic heterocycles. The summed E-state index contributed by atoms with van der Waals surface area (Å²) >= 11 is 3.76. The van der Waals surface area contributed by atoms with Crippen LogP contribution in [0.3, 0.4) is 0 Å². The molecular weight excluding hydrogens is 536 g/mol. The highest BCUT2D eigenvalue weighted by atomic mass is 79.9. The molecule has 7 heteroatoms. The van der Waals surface area contributed by atoms with Gasteiger partial charge in [-0.05, 0) is 91.8 Å². The molecule has 0 bridgehead atoms. The number of anilines is 1. The van der Waals surface area contributed by atoms with Gasteiger partial charge >= 0.3 is 0 Å². The van der Waals surface area contributed by atoms with Crippen LogP contribution in [0.5, 0.6) is 0 Å². The highest BCUT2D eigenvalue weighted by Gasteiger charge is 2.19. The molecule has 0 atom stereocenters. The Morgan fingerprint density at radius 3 is 2.31 bits per heavy atom. The molecule has 0 spiro atoms. The number of amides is 1. The zero-order chi connectivity index (χ0) is 25.9. The SMILES string of the molecule is C/C(=C\c1cc(C)c(-c2ccc(NC3CCCC3)cc2Br)cc1C)C(=O)NS(=O)(=O)c1ccccc1. The van der Waals surface area contributed by atoms with Gasteiger partial charge in [-0.15, -0.1) is 0 Å². The first-order valence-corrected chi connectivity index (χ1v) is 14.4. The summed E-state index contributed by atoms with van der Waals surface area (Å²) in [6.45, 7) is 5.65. The van der Waals surface area contributed by atoms with Crippen molar-refractivity contribution in [1.82, 2.24) is 4.72 Å². The Balaban J connectivity index is 1.54. The quantitative estimate of drug-likeness (QED) is 0.302. The number of hydrogen-bond donors (Lipinski definition) is 2. The molecule has 36 heavy (non-hydrogen) atoms. The van der Waals surface area contributed by atoms with E-state index in [0.717, 1.165) is 38.0 Å². The molecule has 4 rings (SSSR count). The molecule has 0 aromatic heterocycles. The highest BCUT2D eigenvalue weighted by Crippen LogP contribution is 2.35. The van der Waals surface area contributed by atoms with Gasteiger partial charge in [-0.3, -0.25) is 4.79 Å². The fourth-order valence-corrected chi connectivity index (χ4v) is 6.20. The molecule has 188 valence electrons. The maximum Gasteiger partial charge on any atom is 0.264 e. The van der Waals surface area contributed by atoms with Gasteiger partial charge in [0.05, 0.1) is 4.90 Å². The fourth-order valence-electron chi connectivity index (χ4n) is 4.57. The largest absolute Gasteiger partial charge is 0.382 e. The van der Waals surface area contributed by atoms with Crippen molar-refractivity contribution in [2.45, 2.75) is 57.4 Å². The lowest BCUT2D eigenvalue weighted by molar-refractivity contribution is -0.115. The summed E-state index contributed by atoms with van der Waals surface area (Å²) in [5.74, 6) is -0.645. The topological polar surface area (TPSA) is 75.3 Å². The Morgan fingerprint density at radius 2 is 1.64 bits per heavy atom. The average molecular weight is 568 g/mol. The van der Waals surface area contributed by atoms with Crippen molar-refractivity contribution < 1.29 is 13.2 Å². The number of sulfonamides is 1. The lowest BCUT2D eigenvalue weighted by Gasteiger charge is -2.17. The van der Waals surface area contributed by atoms with Crippen molar-refractivity contribution in [3.05, 3.63) is 87.4 Å². The Kier molecular flexibility index (Phi) is 8.00. The van der Waals surface area contributed by atoms with E-state index in [1.807, 2.05) is 19.9 Å². The molecule has 1 amide bonds. The molecule has 0 radical (unpaired) electrons. The highest BCUT2D eigenvalue weighted by molar-refractivity contribution is 9.10. The summed E-state index contributed by atoms with van der Waals surface area (Å²) in [5.41, 5.74) is 6.58. The van der Waals surface area contributed by atoms with Crippen LogP contribution in [-0.4, -0.2) is 20.4 Å². The minimum atomic E-state index is -3.92. The van der Waals surface area contributed by atoms with E-state index in [-0.39, 0.29) is 4.90 Å². The lowest BCUT2D eigenvalue weighted by atomic mass is 9.94. The first-order valence-electron chi connectivity index (χ1n) is 12.1. The molecule has 1 aliphatic rings. The van der Waals surface area contributed by atoms with Gasteiger partial charge in [0.25, 0.3) is 15.9 Å². The predicted octanol–water partition coefficient (Wildman–Crippen LogP) is 7.00. The standard InChI is InChI=1S/C29H31BrN2O3S/c1-19-17-27(26-14-13-24(18-28(26)30)31-23-9-7-8-10-23)20(2)15-22(19)16-21(3)29(33)32-36(34,35)25-11-5-4-6-12-25/h4-6,11-18,23,31H,7-10H2,1-3H3,(H,32,33)/b21-16+. The minimum Gasteiger partial charge on any atom is -0.382 e. The average Bonchev–Trinajstić information content (AvgIpc) is 3.35. The first kappa shape index (κ1) is 26.2. The van der Waals surface area contributed by atoms with Crippen molar-refractivity contribution in [1.29, 1.82) is 0 Å². The van der Waals surface area contributed by atoms with E-state index in [9.17, 15) is 13.2 Å².